The second-order valence-corrected chi connectivity index (χ2v) is 13.4. The van der Waals surface area contributed by atoms with E-state index in [1.54, 1.807) is 0 Å². The van der Waals surface area contributed by atoms with Crippen LogP contribution in [0.5, 0.6) is 0 Å². The van der Waals surface area contributed by atoms with E-state index in [0.717, 1.165) is 38.5 Å². The van der Waals surface area contributed by atoms with Crippen molar-refractivity contribution < 1.29 is 44.3 Å². The molecule has 41 heavy (non-hydrogen) atoms. The lowest BCUT2D eigenvalue weighted by atomic mass is 9.98. The number of rotatable bonds is 12. The minimum Gasteiger partial charge on any atom is -0.462 e. The Morgan fingerprint density at radius 2 is 0.902 bits per heavy atom. The summed E-state index contributed by atoms with van der Waals surface area (Å²) in [6.07, 6.45) is 8.41. The van der Waals surface area contributed by atoms with Gasteiger partial charge in [0.1, 0.15) is 0 Å². The van der Waals surface area contributed by atoms with Gasteiger partial charge in [0.05, 0.1) is 46.3 Å². The smallest absolute Gasteiger partial charge is 0.338 e. The van der Waals surface area contributed by atoms with Crippen molar-refractivity contribution in [2.24, 2.45) is 0 Å². The number of carbonyl (C=O) groups is 2. The van der Waals surface area contributed by atoms with Gasteiger partial charge in [0.2, 0.25) is 0 Å². The minimum atomic E-state index is -3.91. The summed E-state index contributed by atoms with van der Waals surface area (Å²) in [5.41, 5.74) is 0.363. The highest BCUT2D eigenvalue weighted by Crippen LogP contribution is 2.26. The van der Waals surface area contributed by atoms with Gasteiger partial charge in [0.15, 0.2) is 0 Å². The van der Waals surface area contributed by atoms with E-state index in [4.69, 9.17) is 17.8 Å². The third-order valence-corrected chi connectivity index (χ3v) is 9.89. The van der Waals surface area contributed by atoms with Crippen molar-refractivity contribution in [3.8, 4) is 0 Å². The van der Waals surface area contributed by atoms with Gasteiger partial charge in [-0.2, -0.15) is 16.8 Å². The lowest BCUT2D eigenvalue weighted by Crippen LogP contribution is -2.21. The van der Waals surface area contributed by atoms with Crippen LogP contribution in [0.4, 0.5) is 0 Å². The Labute approximate surface area is 241 Å². The molecular formula is C29H36O10S2. The molecule has 0 amide bonds. The van der Waals surface area contributed by atoms with E-state index >= 15 is 0 Å². The molecule has 12 heteroatoms. The molecule has 0 heterocycles. The average Bonchev–Trinajstić information content (AvgIpc) is 2.97. The lowest BCUT2D eigenvalue weighted by molar-refractivity contribution is 0.0395. The molecule has 0 atom stereocenters. The fourth-order valence-corrected chi connectivity index (χ4v) is 7.13. The molecule has 10 nitrogen and oxygen atoms in total. The first-order valence-corrected chi connectivity index (χ1v) is 16.9. The van der Waals surface area contributed by atoms with E-state index in [2.05, 4.69) is 0 Å². The highest BCUT2D eigenvalue weighted by Gasteiger charge is 2.25. The van der Waals surface area contributed by atoms with Gasteiger partial charge in [-0.1, -0.05) is 38.5 Å². The highest BCUT2D eigenvalue weighted by atomic mass is 32.2. The van der Waals surface area contributed by atoms with E-state index in [1.165, 1.54) is 48.5 Å². The second kappa shape index (κ2) is 14.4. The molecule has 4 rings (SSSR count). The van der Waals surface area contributed by atoms with Crippen LogP contribution < -0.4 is 0 Å². The summed E-state index contributed by atoms with van der Waals surface area (Å²) < 4.78 is 71.1. The molecule has 2 saturated carbocycles. The number of hydrogen-bond acceptors (Lipinski definition) is 10. The maximum absolute atomic E-state index is 12.5. The summed E-state index contributed by atoms with van der Waals surface area (Å²) in [5, 5.41) is 0. The first kappa shape index (κ1) is 31.1. The molecule has 2 aliphatic carbocycles. The quantitative estimate of drug-likeness (QED) is 0.180. The molecule has 0 N–H and O–H groups in total. The van der Waals surface area contributed by atoms with Crippen LogP contribution in [0.1, 0.15) is 91.3 Å². The Morgan fingerprint density at radius 3 is 1.24 bits per heavy atom. The molecule has 0 aliphatic heterocycles. The Hall–Kier alpha value is -2.80. The molecule has 0 unspecified atom stereocenters. The maximum Gasteiger partial charge on any atom is 0.338 e. The monoisotopic (exact) mass is 608 g/mol. The number of esters is 2. The van der Waals surface area contributed by atoms with E-state index in [9.17, 15) is 26.4 Å². The summed E-state index contributed by atoms with van der Waals surface area (Å²) in [7, 11) is -7.82. The van der Waals surface area contributed by atoms with Gasteiger partial charge < -0.3 is 9.47 Å². The van der Waals surface area contributed by atoms with Crippen LogP contribution in [0.25, 0.3) is 0 Å². The van der Waals surface area contributed by atoms with Crippen molar-refractivity contribution >= 4 is 32.2 Å². The zero-order valence-electron chi connectivity index (χ0n) is 22.9. The number of ether oxygens (including phenoxy) is 2. The maximum atomic E-state index is 12.5. The van der Waals surface area contributed by atoms with Gasteiger partial charge in [0.25, 0.3) is 20.2 Å². The lowest BCUT2D eigenvalue weighted by Gasteiger charge is -2.21. The number of benzene rings is 2. The summed E-state index contributed by atoms with van der Waals surface area (Å²) in [6.45, 7) is -0.0424. The van der Waals surface area contributed by atoms with Crippen LogP contribution in [0.15, 0.2) is 58.3 Å². The van der Waals surface area contributed by atoms with Crippen LogP contribution in [0.2, 0.25) is 0 Å². The summed E-state index contributed by atoms with van der Waals surface area (Å²) in [6, 6.07) is 10.7. The molecule has 0 aromatic heterocycles. The Morgan fingerprint density at radius 1 is 0.561 bits per heavy atom. The number of carbonyl (C=O) groups excluding carboxylic acids is 2. The van der Waals surface area contributed by atoms with E-state index in [-0.39, 0.29) is 52.8 Å². The first-order chi connectivity index (χ1) is 19.6. The summed E-state index contributed by atoms with van der Waals surface area (Å²) >= 11 is 0. The van der Waals surface area contributed by atoms with Gasteiger partial charge >= 0.3 is 11.9 Å². The number of hydrogen-bond donors (Lipinski definition) is 0. The SMILES string of the molecule is O=C(OCCCOC(=O)c1ccc(S(=O)(=O)OC2CCCCC2)cc1)c1ccc(S(=O)(=O)OC2CCCCC2)cc1. The molecule has 2 aromatic rings. The standard InChI is InChI=1S/C29H36O10S2/c30-28(22-12-16-26(17-13-22)40(32,33)38-24-8-3-1-4-9-24)36-20-7-21-37-29(31)23-14-18-27(19-15-23)41(34,35)39-25-10-5-2-6-11-25/h12-19,24-25H,1-11,20-21H2. The van der Waals surface area contributed by atoms with Crippen molar-refractivity contribution in [1.29, 1.82) is 0 Å². The fraction of sp³-hybridized carbons (Fsp3) is 0.517. The van der Waals surface area contributed by atoms with Crippen LogP contribution in [0, 0.1) is 0 Å². The zero-order chi connectivity index (χ0) is 29.3. The topological polar surface area (TPSA) is 139 Å². The summed E-state index contributed by atoms with van der Waals surface area (Å²) in [4.78, 5) is 24.6. The van der Waals surface area contributed by atoms with Gasteiger partial charge in [-0.25, -0.2) is 9.59 Å². The predicted octanol–water partition coefficient (Wildman–Crippen LogP) is 5.17. The zero-order valence-corrected chi connectivity index (χ0v) is 24.5. The molecule has 0 saturated heterocycles. The molecule has 0 bridgehead atoms. The predicted molar refractivity (Wildman–Crippen MR) is 148 cm³/mol. The van der Waals surface area contributed by atoms with Crippen LogP contribution >= 0.6 is 0 Å². The molecule has 0 spiro atoms. The first-order valence-electron chi connectivity index (χ1n) is 14.0. The fourth-order valence-electron chi connectivity index (χ4n) is 4.86. The van der Waals surface area contributed by atoms with Gasteiger partial charge in [-0.05, 0) is 74.2 Å². The molecule has 0 radical (unpaired) electrons. The molecule has 2 aliphatic rings. The third kappa shape index (κ3) is 9.09. The van der Waals surface area contributed by atoms with Crippen molar-refractivity contribution in [3.63, 3.8) is 0 Å². The van der Waals surface area contributed by atoms with Gasteiger partial charge in [-0.15, -0.1) is 0 Å². The highest BCUT2D eigenvalue weighted by molar-refractivity contribution is 7.87. The van der Waals surface area contributed by atoms with Crippen molar-refractivity contribution in [2.75, 3.05) is 13.2 Å². The minimum absolute atomic E-state index is 0.0195. The van der Waals surface area contributed by atoms with E-state index in [0.29, 0.717) is 25.7 Å². The van der Waals surface area contributed by atoms with Crippen LogP contribution in [-0.4, -0.2) is 54.2 Å². The van der Waals surface area contributed by atoms with E-state index < -0.39 is 32.2 Å². The van der Waals surface area contributed by atoms with Crippen molar-refractivity contribution in [2.45, 2.75) is 92.6 Å². The Kier molecular flexibility index (Phi) is 10.9. The van der Waals surface area contributed by atoms with Crippen LogP contribution in [0.3, 0.4) is 0 Å². The normalized spacial score (nSPS) is 17.2. The largest absolute Gasteiger partial charge is 0.462 e. The summed E-state index contributed by atoms with van der Waals surface area (Å²) in [5.74, 6) is -1.28. The Balaban J connectivity index is 1.17. The van der Waals surface area contributed by atoms with Gasteiger partial charge in [-0.3, -0.25) is 8.37 Å². The van der Waals surface area contributed by atoms with Crippen molar-refractivity contribution in [3.05, 3.63) is 59.7 Å². The average molecular weight is 609 g/mol. The van der Waals surface area contributed by atoms with Crippen LogP contribution in [-0.2, 0) is 38.1 Å². The van der Waals surface area contributed by atoms with Crippen molar-refractivity contribution in [1.82, 2.24) is 0 Å². The Bertz CT molecular complexity index is 1260. The molecule has 2 aromatic carbocycles. The molecule has 2 fully saturated rings. The molecular weight excluding hydrogens is 572 g/mol. The van der Waals surface area contributed by atoms with E-state index in [1.807, 2.05) is 0 Å². The molecule has 224 valence electrons. The second-order valence-electron chi connectivity index (χ2n) is 10.3. The third-order valence-electron chi connectivity index (χ3n) is 7.14. The van der Waals surface area contributed by atoms with Gasteiger partial charge in [0, 0.05) is 6.42 Å².